The molecule has 1 heterocycles. The van der Waals surface area contributed by atoms with Crippen molar-refractivity contribution in [2.45, 2.75) is 25.7 Å². The van der Waals surface area contributed by atoms with Gasteiger partial charge in [-0.05, 0) is 42.4 Å². The van der Waals surface area contributed by atoms with Crippen LogP contribution < -0.4 is 4.90 Å². The van der Waals surface area contributed by atoms with E-state index in [1.54, 1.807) is 12.1 Å². The van der Waals surface area contributed by atoms with Gasteiger partial charge in [0.1, 0.15) is 5.82 Å². The van der Waals surface area contributed by atoms with Gasteiger partial charge in [0.25, 0.3) is 0 Å². The first-order chi connectivity index (χ1) is 8.22. The zero-order valence-corrected chi connectivity index (χ0v) is 11.5. The molecule has 0 bridgehead atoms. The first kappa shape index (κ1) is 11.5. The van der Waals surface area contributed by atoms with Crippen molar-refractivity contribution in [3.63, 3.8) is 0 Å². The number of hydrogen-bond acceptors (Lipinski definition) is 1. The number of anilines is 1. The number of nitrogens with zero attached hydrogens (tertiary/aromatic N) is 1. The third-order valence-electron chi connectivity index (χ3n) is 4.26. The van der Waals surface area contributed by atoms with Gasteiger partial charge >= 0.3 is 0 Å². The zero-order chi connectivity index (χ0) is 11.9. The van der Waals surface area contributed by atoms with E-state index < -0.39 is 0 Å². The maximum absolute atomic E-state index is 13.3. The van der Waals surface area contributed by atoms with Gasteiger partial charge in [-0.15, -0.1) is 0 Å². The van der Waals surface area contributed by atoms with Crippen molar-refractivity contribution in [2.75, 3.05) is 23.3 Å². The molecule has 1 nitrogen and oxygen atoms in total. The fraction of sp³-hybridized carbons (Fsp3) is 0.571. The molecule has 1 aromatic carbocycles. The molecule has 1 aromatic rings. The van der Waals surface area contributed by atoms with Gasteiger partial charge in [-0.2, -0.15) is 0 Å². The quantitative estimate of drug-likeness (QED) is 0.768. The van der Waals surface area contributed by atoms with Gasteiger partial charge in [0.2, 0.25) is 0 Å². The lowest BCUT2D eigenvalue weighted by Gasteiger charge is -2.43. The standard InChI is InChI=1S/C14H17BrFN/c15-9-14(5-1-6-14)10-17-7-4-11-2-3-12(16)8-13(11)17/h2-3,8H,1,4-7,9-10H2. The summed E-state index contributed by atoms with van der Waals surface area (Å²) < 4.78 is 13.3. The highest BCUT2D eigenvalue weighted by molar-refractivity contribution is 9.09. The van der Waals surface area contributed by atoms with E-state index in [9.17, 15) is 4.39 Å². The van der Waals surface area contributed by atoms with Crippen molar-refractivity contribution in [3.8, 4) is 0 Å². The molecule has 1 aliphatic heterocycles. The Morgan fingerprint density at radius 3 is 2.82 bits per heavy atom. The fourth-order valence-electron chi connectivity index (χ4n) is 3.00. The second kappa shape index (κ2) is 4.27. The second-order valence-corrected chi connectivity index (χ2v) is 5.99. The van der Waals surface area contributed by atoms with Gasteiger partial charge in [0, 0.05) is 24.1 Å². The van der Waals surface area contributed by atoms with Crippen LogP contribution in [0.15, 0.2) is 18.2 Å². The van der Waals surface area contributed by atoms with Gasteiger partial charge in [-0.25, -0.2) is 4.39 Å². The lowest BCUT2D eigenvalue weighted by molar-refractivity contribution is 0.178. The molecule has 0 amide bonds. The van der Waals surface area contributed by atoms with Crippen molar-refractivity contribution in [2.24, 2.45) is 5.41 Å². The van der Waals surface area contributed by atoms with E-state index in [0.29, 0.717) is 5.41 Å². The molecule has 1 fully saturated rings. The molecular formula is C14H17BrFN. The first-order valence-electron chi connectivity index (χ1n) is 6.32. The van der Waals surface area contributed by atoms with Crippen molar-refractivity contribution in [1.29, 1.82) is 0 Å². The molecule has 17 heavy (non-hydrogen) atoms. The molecule has 0 aromatic heterocycles. The maximum atomic E-state index is 13.3. The first-order valence-corrected chi connectivity index (χ1v) is 7.44. The van der Waals surface area contributed by atoms with Crippen molar-refractivity contribution in [1.82, 2.24) is 0 Å². The summed E-state index contributed by atoms with van der Waals surface area (Å²) >= 11 is 3.64. The molecule has 92 valence electrons. The summed E-state index contributed by atoms with van der Waals surface area (Å²) in [6.07, 6.45) is 5.02. The van der Waals surface area contributed by atoms with Gasteiger partial charge in [-0.1, -0.05) is 28.4 Å². The van der Waals surface area contributed by atoms with Crippen LogP contribution in [-0.4, -0.2) is 18.4 Å². The fourth-order valence-corrected chi connectivity index (χ4v) is 3.74. The third kappa shape index (κ3) is 1.99. The smallest absolute Gasteiger partial charge is 0.125 e. The zero-order valence-electron chi connectivity index (χ0n) is 9.88. The van der Waals surface area contributed by atoms with Crippen LogP contribution in [0.3, 0.4) is 0 Å². The molecule has 0 radical (unpaired) electrons. The molecule has 3 rings (SSSR count). The van der Waals surface area contributed by atoms with Gasteiger partial charge in [0.05, 0.1) is 0 Å². The average Bonchev–Trinajstić information content (AvgIpc) is 2.66. The summed E-state index contributed by atoms with van der Waals surface area (Å²) in [5.41, 5.74) is 2.86. The monoisotopic (exact) mass is 297 g/mol. The SMILES string of the molecule is Fc1ccc2c(c1)N(CC1(CBr)CCC1)CC2. The Bertz CT molecular complexity index is 423. The van der Waals surface area contributed by atoms with Crippen molar-refractivity contribution < 1.29 is 4.39 Å². The van der Waals surface area contributed by atoms with Crippen LogP contribution in [0.25, 0.3) is 0 Å². The number of hydrogen-bond donors (Lipinski definition) is 0. The summed E-state index contributed by atoms with van der Waals surface area (Å²) in [6, 6.07) is 5.21. The lowest BCUT2D eigenvalue weighted by atomic mass is 9.70. The number of rotatable bonds is 3. The van der Waals surface area contributed by atoms with E-state index in [2.05, 4.69) is 20.8 Å². The van der Waals surface area contributed by atoms with E-state index in [1.165, 1.54) is 24.8 Å². The van der Waals surface area contributed by atoms with Gasteiger partial charge in [-0.3, -0.25) is 0 Å². The van der Waals surface area contributed by atoms with Crippen LogP contribution in [0.5, 0.6) is 0 Å². The number of alkyl halides is 1. The van der Waals surface area contributed by atoms with Crippen LogP contribution in [0.1, 0.15) is 24.8 Å². The third-order valence-corrected chi connectivity index (χ3v) is 5.45. The average molecular weight is 298 g/mol. The summed E-state index contributed by atoms with van der Waals surface area (Å²) in [5.74, 6) is -0.114. The van der Waals surface area contributed by atoms with Crippen LogP contribution in [0.4, 0.5) is 10.1 Å². The van der Waals surface area contributed by atoms with E-state index in [-0.39, 0.29) is 5.82 Å². The van der Waals surface area contributed by atoms with E-state index in [4.69, 9.17) is 0 Å². The van der Waals surface area contributed by atoms with Crippen LogP contribution >= 0.6 is 15.9 Å². The Kier molecular flexibility index (Phi) is 2.89. The molecular weight excluding hydrogens is 281 g/mol. The number of benzene rings is 1. The predicted octanol–water partition coefficient (Wildman–Crippen LogP) is 3.75. The van der Waals surface area contributed by atoms with Gasteiger partial charge < -0.3 is 4.90 Å². The van der Waals surface area contributed by atoms with Crippen LogP contribution in [0.2, 0.25) is 0 Å². The summed E-state index contributed by atoms with van der Waals surface area (Å²) in [4.78, 5) is 2.37. The van der Waals surface area contributed by atoms with Crippen molar-refractivity contribution >= 4 is 21.6 Å². The Hall–Kier alpha value is -0.570. The molecule has 1 saturated carbocycles. The Morgan fingerprint density at radius 1 is 1.35 bits per heavy atom. The molecule has 0 atom stereocenters. The van der Waals surface area contributed by atoms with Gasteiger partial charge in [0.15, 0.2) is 0 Å². The predicted molar refractivity (Wildman–Crippen MR) is 72.4 cm³/mol. The Morgan fingerprint density at radius 2 is 2.18 bits per heavy atom. The maximum Gasteiger partial charge on any atom is 0.125 e. The molecule has 3 heteroatoms. The minimum atomic E-state index is -0.114. The molecule has 0 spiro atoms. The minimum Gasteiger partial charge on any atom is -0.370 e. The second-order valence-electron chi connectivity index (χ2n) is 5.43. The van der Waals surface area contributed by atoms with E-state index >= 15 is 0 Å². The topological polar surface area (TPSA) is 3.24 Å². The highest BCUT2D eigenvalue weighted by atomic mass is 79.9. The number of halogens is 2. The summed E-state index contributed by atoms with van der Waals surface area (Å²) in [5, 5.41) is 1.07. The molecule has 1 aliphatic carbocycles. The normalized spacial score (nSPS) is 21.2. The molecule has 0 unspecified atom stereocenters. The number of fused-ring (bicyclic) bond motifs is 1. The van der Waals surface area contributed by atoms with Crippen LogP contribution in [0, 0.1) is 11.2 Å². The molecule has 2 aliphatic rings. The minimum absolute atomic E-state index is 0.114. The van der Waals surface area contributed by atoms with Crippen molar-refractivity contribution in [3.05, 3.63) is 29.6 Å². The van der Waals surface area contributed by atoms with E-state index in [0.717, 1.165) is 30.5 Å². The Balaban J connectivity index is 1.81. The Labute approximate surface area is 110 Å². The summed E-state index contributed by atoms with van der Waals surface area (Å²) in [6.45, 7) is 2.13. The van der Waals surface area contributed by atoms with Crippen LogP contribution in [-0.2, 0) is 6.42 Å². The molecule has 0 saturated heterocycles. The van der Waals surface area contributed by atoms with E-state index in [1.807, 2.05) is 6.07 Å². The highest BCUT2D eigenvalue weighted by Gasteiger charge is 2.38. The lowest BCUT2D eigenvalue weighted by Crippen LogP contribution is -2.43. The highest BCUT2D eigenvalue weighted by Crippen LogP contribution is 2.44. The molecule has 0 N–H and O–H groups in total. The summed E-state index contributed by atoms with van der Waals surface area (Å²) in [7, 11) is 0. The largest absolute Gasteiger partial charge is 0.370 e.